The van der Waals surface area contributed by atoms with E-state index in [2.05, 4.69) is 27.1 Å². The lowest BCUT2D eigenvalue weighted by Gasteiger charge is -2.21. The number of pyridine rings is 1. The molecule has 0 aliphatic carbocycles. The minimum absolute atomic E-state index is 0. The van der Waals surface area contributed by atoms with Crippen LogP contribution in [0, 0.1) is 11.8 Å². The lowest BCUT2D eigenvalue weighted by atomic mass is 10.1. The molecule has 37 heavy (non-hydrogen) atoms. The Hall–Kier alpha value is -4.36. The molecule has 1 aliphatic heterocycles. The van der Waals surface area contributed by atoms with Gasteiger partial charge in [0.2, 0.25) is 0 Å². The second-order valence-electron chi connectivity index (χ2n) is 8.13. The summed E-state index contributed by atoms with van der Waals surface area (Å²) in [5.74, 6) is 6.39. The first-order valence-corrected chi connectivity index (χ1v) is 11.3. The van der Waals surface area contributed by atoms with E-state index in [1.54, 1.807) is 60.7 Å². The van der Waals surface area contributed by atoms with Gasteiger partial charge in [0.25, 0.3) is 11.8 Å². The lowest BCUT2D eigenvalue weighted by Crippen LogP contribution is -2.30. The van der Waals surface area contributed by atoms with Gasteiger partial charge in [-0.1, -0.05) is 31.5 Å². The first kappa shape index (κ1) is 27.2. The van der Waals surface area contributed by atoms with Crippen LogP contribution in [0.5, 0.6) is 0 Å². The number of nitrogens with one attached hydrogen (secondary N) is 1. The molecule has 3 aromatic heterocycles. The number of benzene rings is 1. The highest BCUT2D eigenvalue weighted by atomic mass is 32.1. The summed E-state index contributed by atoms with van der Waals surface area (Å²) in [5.41, 5.74) is 8.84. The van der Waals surface area contributed by atoms with Gasteiger partial charge in [-0.3, -0.25) is 14.0 Å². The minimum atomic E-state index is -0.260. The SMILES string of the molecule is C.CC#CC(=O)N1CCC[C@H]1c1nc(-c2ccc(C(=O)Nc3ccccn3)cc2)c2c(N)nccn12.S. The number of carbonyl (C=O) groups is 2. The van der Waals surface area contributed by atoms with Crippen LogP contribution in [-0.4, -0.2) is 42.6 Å². The summed E-state index contributed by atoms with van der Waals surface area (Å²) in [7, 11) is 0. The number of rotatable bonds is 4. The lowest BCUT2D eigenvalue weighted by molar-refractivity contribution is -0.126. The third-order valence-corrected chi connectivity index (χ3v) is 5.98. The molecule has 4 heterocycles. The quantitative estimate of drug-likeness (QED) is 0.396. The highest BCUT2D eigenvalue weighted by Gasteiger charge is 2.33. The zero-order chi connectivity index (χ0) is 24.4. The van der Waals surface area contributed by atoms with Gasteiger partial charge in [-0.15, -0.1) is 0 Å². The van der Waals surface area contributed by atoms with Gasteiger partial charge in [0.1, 0.15) is 28.7 Å². The summed E-state index contributed by atoms with van der Waals surface area (Å²) < 4.78 is 1.90. The normalized spacial score (nSPS) is 14.2. The van der Waals surface area contributed by atoms with E-state index in [1.807, 2.05) is 16.5 Å². The second kappa shape index (κ2) is 11.6. The van der Waals surface area contributed by atoms with E-state index in [-0.39, 0.29) is 38.8 Å². The number of amides is 2. The fourth-order valence-electron chi connectivity index (χ4n) is 4.39. The molecule has 9 nitrogen and oxygen atoms in total. The molecule has 0 bridgehead atoms. The van der Waals surface area contributed by atoms with Crippen molar-refractivity contribution >= 4 is 42.5 Å². The van der Waals surface area contributed by atoms with Crippen LogP contribution in [0.4, 0.5) is 11.6 Å². The zero-order valence-corrected chi connectivity index (χ0v) is 20.6. The summed E-state index contributed by atoms with van der Waals surface area (Å²) in [5, 5.41) is 2.77. The van der Waals surface area contributed by atoms with Crippen molar-refractivity contribution < 1.29 is 9.59 Å². The number of aromatic nitrogens is 4. The molecule has 2 amide bonds. The maximum atomic E-state index is 12.6. The molecule has 4 aromatic rings. The van der Waals surface area contributed by atoms with Crippen LogP contribution in [-0.2, 0) is 4.79 Å². The number of nitrogens with zero attached hydrogens (tertiary/aromatic N) is 5. The molecule has 5 rings (SSSR count). The molecule has 10 heteroatoms. The van der Waals surface area contributed by atoms with Gasteiger partial charge in [0.05, 0.1) is 6.04 Å². The number of nitrogen functional groups attached to an aromatic ring is 1. The van der Waals surface area contributed by atoms with E-state index in [9.17, 15) is 9.59 Å². The third-order valence-electron chi connectivity index (χ3n) is 5.98. The smallest absolute Gasteiger partial charge is 0.299 e. The van der Waals surface area contributed by atoms with E-state index in [0.717, 1.165) is 18.4 Å². The summed E-state index contributed by atoms with van der Waals surface area (Å²) in [6.45, 7) is 2.28. The molecule has 3 N–H and O–H groups in total. The maximum absolute atomic E-state index is 12.6. The van der Waals surface area contributed by atoms with Gasteiger partial charge in [0, 0.05) is 36.3 Å². The topological polar surface area (TPSA) is 119 Å². The Labute approximate surface area is 222 Å². The molecule has 0 radical (unpaired) electrons. The molecule has 190 valence electrons. The number of likely N-dealkylation sites (tertiary alicyclic amines) is 1. The summed E-state index contributed by atoms with van der Waals surface area (Å²) in [6, 6.07) is 12.2. The average molecular weight is 516 g/mol. The van der Waals surface area contributed by atoms with Crippen molar-refractivity contribution in [2.45, 2.75) is 33.2 Å². The van der Waals surface area contributed by atoms with Crippen LogP contribution < -0.4 is 11.1 Å². The predicted octanol–water partition coefficient (Wildman–Crippen LogP) is 4.06. The number of hydrogen-bond donors (Lipinski definition) is 2. The number of hydrogen-bond acceptors (Lipinski definition) is 6. The Kier molecular flexibility index (Phi) is 8.52. The van der Waals surface area contributed by atoms with Gasteiger partial charge >= 0.3 is 0 Å². The Bertz CT molecular complexity index is 1470. The maximum Gasteiger partial charge on any atom is 0.299 e. The summed E-state index contributed by atoms with van der Waals surface area (Å²) >= 11 is 0. The van der Waals surface area contributed by atoms with Crippen LogP contribution in [0.3, 0.4) is 0 Å². The standard InChI is InChI=1S/C26H23N7O2.CH4.H2S/c1-2-6-21(34)32-15-5-7-19(32)25-31-22(23-24(27)29-14-16-33(23)25)17-9-11-18(12-10-17)26(35)30-20-8-3-4-13-28-20;;/h3-4,8-14,16,19H,5,7,15H2,1H3,(H2,27,29)(H,28,30,35);1H4;1H2/t19-;;/m0../s1. The average Bonchev–Trinajstić information content (AvgIpc) is 3.51. The van der Waals surface area contributed by atoms with Crippen molar-refractivity contribution in [1.29, 1.82) is 0 Å². The van der Waals surface area contributed by atoms with Crippen molar-refractivity contribution in [1.82, 2.24) is 24.3 Å². The van der Waals surface area contributed by atoms with Gasteiger partial charge in [0.15, 0.2) is 0 Å². The van der Waals surface area contributed by atoms with Crippen molar-refractivity contribution in [3.8, 4) is 23.1 Å². The zero-order valence-electron chi connectivity index (χ0n) is 19.6. The van der Waals surface area contributed by atoms with Crippen molar-refractivity contribution in [2.75, 3.05) is 17.6 Å². The largest absolute Gasteiger partial charge is 0.382 e. The van der Waals surface area contributed by atoms with Gasteiger partial charge < -0.3 is 16.0 Å². The number of nitrogens with two attached hydrogens (primary N) is 1. The highest BCUT2D eigenvalue weighted by molar-refractivity contribution is 7.59. The third kappa shape index (κ3) is 5.27. The predicted molar refractivity (Wildman–Crippen MR) is 149 cm³/mol. The first-order valence-electron chi connectivity index (χ1n) is 11.3. The molecular formula is C27H29N7O2S. The number of imidazole rings is 1. The Morgan fingerprint density at radius 3 is 2.59 bits per heavy atom. The van der Waals surface area contributed by atoms with E-state index < -0.39 is 0 Å². The van der Waals surface area contributed by atoms with E-state index in [4.69, 9.17) is 10.7 Å². The number of fused-ring (bicyclic) bond motifs is 1. The highest BCUT2D eigenvalue weighted by Crippen LogP contribution is 2.36. The van der Waals surface area contributed by atoms with E-state index >= 15 is 0 Å². The molecule has 1 saturated heterocycles. The van der Waals surface area contributed by atoms with Gasteiger partial charge in [-0.05, 0) is 50.0 Å². The van der Waals surface area contributed by atoms with Crippen molar-refractivity contribution in [3.63, 3.8) is 0 Å². The molecular weight excluding hydrogens is 486 g/mol. The van der Waals surface area contributed by atoms with Crippen molar-refractivity contribution in [2.24, 2.45) is 0 Å². The van der Waals surface area contributed by atoms with Crippen LogP contribution in [0.2, 0.25) is 0 Å². The second-order valence-corrected chi connectivity index (χ2v) is 8.13. The molecule has 0 saturated carbocycles. The van der Waals surface area contributed by atoms with Crippen molar-refractivity contribution in [3.05, 3.63) is 72.4 Å². The summed E-state index contributed by atoms with van der Waals surface area (Å²) in [4.78, 5) is 40.3. The molecule has 0 unspecified atom stereocenters. The Balaban J connectivity index is 0.00000190. The van der Waals surface area contributed by atoms with Crippen LogP contribution in [0.15, 0.2) is 61.1 Å². The van der Waals surface area contributed by atoms with E-state index in [1.165, 1.54) is 0 Å². The Morgan fingerprint density at radius 1 is 1.11 bits per heavy atom. The van der Waals surface area contributed by atoms with Crippen LogP contribution in [0.1, 0.15) is 49.4 Å². The first-order chi connectivity index (χ1) is 17.1. The number of anilines is 2. The summed E-state index contributed by atoms with van der Waals surface area (Å²) in [6.07, 6.45) is 6.69. The minimum Gasteiger partial charge on any atom is -0.382 e. The van der Waals surface area contributed by atoms with Gasteiger partial charge in [-0.25, -0.2) is 15.0 Å². The monoisotopic (exact) mass is 515 g/mol. The van der Waals surface area contributed by atoms with Crippen LogP contribution in [0.25, 0.3) is 16.8 Å². The molecule has 1 atom stereocenters. The van der Waals surface area contributed by atoms with E-state index in [0.29, 0.717) is 40.8 Å². The fourth-order valence-corrected chi connectivity index (χ4v) is 4.39. The number of carbonyl (C=O) groups excluding carboxylic acids is 2. The molecule has 1 aliphatic rings. The molecule has 1 fully saturated rings. The fraction of sp³-hybridized carbons (Fsp3) is 0.222. The van der Waals surface area contributed by atoms with Gasteiger partial charge in [-0.2, -0.15) is 13.5 Å². The Morgan fingerprint density at radius 2 is 1.89 bits per heavy atom. The molecule has 1 aromatic carbocycles. The van der Waals surface area contributed by atoms with Crippen LogP contribution >= 0.6 is 13.5 Å². The molecule has 0 spiro atoms.